The summed E-state index contributed by atoms with van der Waals surface area (Å²) >= 11 is 0. The van der Waals surface area contributed by atoms with Gasteiger partial charge in [-0.05, 0) is 37.1 Å². The van der Waals surface area contributed by atoms with Gasteiger partial charge < -0.3 is 20.1 Å². The first kappa shape index (κ1) is 18.0. The van der Waals surface area contributed by atoms with Crippen molar-refractivity contribution >= 4 is 17.5 Å². The van der Waals surface area contributed by atoms with Crippen LogP contribution in [-0.4, -0.2) is 35.9 Å². The lowest BCUT2D eigenvalue weighted by atomic mass is 9.95. The van der Waals surface area contributed by atoms with E-state index in [2.05, 4.69) is 20.8 Å². The van der Waals surface area contributed by atoms with Crippen LogP contribution in [0.25, 0.3) is 0 Å². The molecule has 1 amide bonds. The summed E-state index contributed by atoms with van der Waals surface area (Å²) in [5.41, 5.74) is 0. The van der Waals surface area contributed by atoms with Crippen LogP contribution in [0.4, 0.5) is 11.6 Å². The van der Waals surface area contributed by atoms with E-state index in [1.807, 2.05) is 18.2 Å². The lowest BCUT2D eigenvalue weighted by Gasteiger charge is -2.22. The summed E-state index contributed by atoms with van der Waals surface area (Å²) in [5, 5.41) is 14.3. The standard InChI is InChI=1S/C19H24N4O3/c1-25-15-9-5-6-10-16(15)26-13-19(24)21-18-12-11-17(22-23-18)20-14-7-3-2-4-8-14/h5-6,9-12,14H,2-4,7-8,13H2,1H3,(H,20,22)(H,21,23,24). The van der Waals surface area contributed by atoms with E-state index in [9.17, 15) is 4.79 Å². The van der Waals surface area contributed by atoms with Gasteiger partial charge in [0.25, 0.3) is 5.91 Å². The van der Waals surface area contributed by atoms with Gasteiger partial charge in [0.05, 0.1) is 7.11 Å². The number of ether oxygens (including phenoxy) is 2. The zero-order valence-electron chi connectivity index (χ0n) is 14.9. The van der Waals surface area contributed by atoms with E-state index < -0.39 is 0 Å². The highest BCUT2D eigenvalue weighted by molar-refractivity contribution is 5.90. The summed E-state index contributed by atoms with van der Waals surface area (Å²) in [5.74, 6) is 1.92. The molecule has 0 aliphatic heterocycles. The number of aromatic nitrogens is 2. The third-order valence-electron chi connectivity index (χ3n) is 4.32. The van der Waals surface area contributed by atoms with Crippen LogP contribution in [0.5, 0.6) is 11.5 Å². The van der Waals surface area contributed by atoms with Gasteiger partial charge in [0, 0.05) is 6.04 Å². The predicted molar refractivity (Wildman–Crippen MR) is 99.6 cm³/mol. The number of carbonyl (C=O) groups is 1. The zero-order chi connectivity index (χ0) is 18.2. The Hall–Kier alpha value is -2.83. The number of para-hydroxylation sites is 2. The average molecular weight is 356 g/mol. The van der Waals surface area contributed by atoms with Gasteiger partial charge in [0.1, 0.15) is 5.82 Å². The fraction of sp³-hybridized carbons (Fsp3) is 0.421. The van der Waals surface area contributed by atoms with E-state index in [1.165, 1.54) is 32.1 Å². The highest BCUT2D eigenvalue weighted by atomic mass is 16.5. The van der Waals surface area contributed by atoms with Gasteiger partial charge in [-0.15, -0.1) is 10.2 Å². The van der Waals surface area contributed by atoms with Crippen LogP contribution in [0.1, 0.15) is 32.1 Å². The maximum atomic E-state index is 12.0. The minimum Gasteiger partial charge on any atom is -0.493 e. The lowest BCUT2D eigenvalue weighted by molar-refractivity contribution is -0.118. The largest absolute Gasteiger partial charge is 0.493 e. The van der Waals surface area contributed by atoms with E-state index in [0.717, 1.165) is 5.82 Å². The first-order valence-electron chi connectivity index (χ1n) is 8.90. The molecule has 0 atom stereocenters. The Morgan fingerprint density at radius 2 is 1.73 bits per heavy atom. The number of hydrogen-bond donors (Lipinski definition) is 2. The van der Waals surface area contributed by atoms with E-state index in [0.29, 0.717) is 23.4 Å². The molecule has 2 aromatic rings. The number of anilines is 2. The van der Waals surface area contributed by atoms with Crippen molar-refractivity contribution in [3.05, 3.63) is 36.4 Å². The molecule has 0 radical (unpaired) electrons. The van der Waals surface area contributed by atoms with Crippen LogP contribution in [-0.2, 0) is 4.79 Å². The molecule has 7 heteroatoms. The van der Waals surface area contributed by atoms with Crippen molar-refractivity contribution in [2.24, 2.45) is 0 Å². The molecule has 138 valence electrons. The molecule has 1 saturated carbocycles. The molecule has 1 aromatic carbocycles. The number of hydrogen-bond acceptors (Lipinski definition) is 6. The molecule has 3 rings (SSSR count). The molecule has 26 heavy (non-hydrogen) atoms. The molecule has 2 N–H and O–H groups in total. The fourth-order valence-corrected chi connectivity index (χ4v) is 2.99. The quantitative estimate of drug-likeness (QED) is 0.792. The van der Waals surface area contributed by atoms with E-state index >= 15 is 0 Å². The fourth-order valence-electron chi connectivity index (χ4n) is 2.99. The topological polar surface area (TPSA) is 85.4 Å². The second kappa shape index (κ2) is 9.03. The summed E-state index contributed by atoms with van der Waals surface area (Å²) in [6, 6.07) is 11.2. The number of benzene rings is 1. The van der Waals surface area contributed by atoms with Crippen molar-refractivity contribution in [2.75, 3.05) is 24.4 Å². The molecule has 1 aliphatic rings. The summed E-state index contributed by atoms with van der Waals surface area (Å²) in [6.07, 6.45) is 6.16. The summed E-state index contributed by atoms with van der Waals surface area (Å²) < 4.78 is 10.7. The van der Waals surface area contributed by atoms with Crippen LogP contribution in [0.15, 0.2) is 36.4 Å². The molecule has 0 spiro atoms. The van der Waals surface area contributed by atoms with Gasteiger partial charge in [-0.1, -0.05) is 31.4 Å². The van der Waals surface area contributed by atoms with Crippen LogP contribution >= 0.6 is 0 Å². The van der Waals surface area contributed by atoms with Crippen molar-refractivity contribution in [1.29, 1.82) is 0 Å². The van der Waals surface area contributed by atoms with Crippen molar-refractivity contribution < 1.29 is 14.3 Å². The number of amides is 1. The Kier molecular flexibility index (Phi) is 6.24. The van der Waals surface area contributed by atoms with Gasteiger partial charge >= 0.3 is 0 Å². The third-order valence-corrected chi connectivity index (χ3v) is 4.32. The van der Waals surface area contributed by atoms with Crippen molar-refractivity contribution in [2.45, 2.75) is 38.1 Å². The lowest BCUT2D eigenvalue weighted by Crippen LogP contribution is -2.23. The molecular formula is C19H24N4O3. The van der Waals surface area contributed by atoms with Gasteiger partial charge in [0.15, 0.2) is 23.9 Å². The second-order valence-electron chi connectivity index (χ2n) is 6.27. The van der Waals surface area contributed by atoms with Crippen LogP contribution in [0.3, 0.4) is 0 Å². The first-order valence-corrected chi connectivity index (χ1v) is 8.90. The summed E-state index contributed by atoms with van der Waals surface area (Å²) in [7, 11) is 1.56. The Labute approximate surface area is 153 Å². The van der Waals surface area contributed by atoms with E-state index in [-0.39, 0.29) is 12.5 Å². The Bertz CT molecular complexity index is 715. The number of rotatable bonds is 7. The molecule has 0 bridgehead atoms. The average Bonchev–Trinajstić information content (AvgIpc) is 2.69. The molecular weight excluding hydrogens is 332 g/mol. The summed E-state index contributed by atoms with van der Waals surface area (Å²) in [4.78, 5) is 12.0. The van der Waals surface area contributed by atoms with Gasteiger partial charge in [-0.25, -0.2) is 0 Å². The first-order chi connectivity index (χ1) is 12.7. The third kappa shape index (κ3) is 5.08. The van der Waals surface area contributed by atoms with E-state index in [1.54, 1.807) is 25.3 Å². The normalized spacial score (nSPS) is 14.5. The van der Waals surface area contributed by atoms with Crippen LogP contribution < -0.4 is 20.1 Å². The number of carbonyl (C=O) groups excluding carboxylic acids is 1. The van der Waals surface area contributed by atoms with E-state index in [4.69, 9.17) is 9.47 Å². The Morgan fingerprint density at radius 3 is 2.42 bits per heavy atom. The zero-order valence-corrected chi connectivity index (χ0v) is 14.9. The van der Waals surface area contributed by atoms with Gasteiger partial charge in [-0.2, -0.15) is 0 Å². The summed E-state index contributed by atoms with van der Waals surface area (Å²) in [6.45, 7) is -0.135. The van der Waals surface area contributed by atoms with Crippen LogP contribution in [0, 0.1) is 0 Å². The van der Waals surface area contributed by atoms with Crippen molar-refractivity contribution in [3.8, 4) is 11.5 Å². The highest BCUT2D eigenvalue weighted by Gasteiger charge is 2.14. The minimum absolute atomic E-state index is 0.135. The number of nitrogens with zero attached hydrogens (tertiary/aromatic N) is 2. The molecule has 1 aliphatic carbocycles. The smallest absolute Gasteiger partial charge is 0.263 e. The van der Waals surface area contributed by atoms with Crippen molar-refractivity contribution in [3.63, 3.8) is 0 Å². The molecule has 1 aromatic heterocycles. The highest BCUT2D eigenvalue weighted by Crippen LogP contribution is 2.25. The maximum Gasteiger partial charge on any atom is 0.263 e. The molecule has 0 unspecified atom stereocenters. The Morgan fingerprint density at radius 1 is 1.04 bits per heavy atom. The molecule has 7 nitrogen and oxygen atoms in total. The van der Waals surface area contributed by atoms with Crippen molar-refractivity contribution in [1.82, 2.24) is 10.2 Å². The predicted octanol–water partition coefficient (Wildman–Crippen LogP) is 3.25. The van der Waals surface area contributed by atoms with Gasteiger partial charge in [0.2, 0.25) is 0 Å². The van der Waals surface area contributed by atoms with Gasteiger partial charge in [-0.3, -0.25) is 4.79 Å². The second-order valence-corrected chi connectivity index (χ2v) is 6.27. The number of methoxy groups -OCH3 is 1. The minimum atomic E-state index is -0.307. The Balaban J connectivity index is 1.48. The van der Waals surface area contributed by atoms with Crippen LogP contribution in [0.2, 0.25) is 0 Å². The SMILES string of the molecule is COc1ccccc1OCC(=O)Nc1ccc(NC2CCCCC2)nn1. The number of nitrogens with one attached hydrogen (secondary N) is 2. The maximum absolute atomic E-state index is 12.0. The monoisotopic (exact) mass is 356 g/mol. The molecule has 0 saturated heterocycles. The molecule has 1 fully saturated rings. The molecule has 1 heterocycles.